The highest BCUT2D eigenvalue weighted by Crippen LogP contribution is 2.64. The first-order valence-corrected chi connectivity index (χ1v) is 13.0. The minimum absolute atomic E-state index is 0.0876. The van der Waals surface area contributed by atoms with Gasteiger partial charge in [-0.1, -0.05) is 6.92 Å². The minimum Gasteiger partial charge on any atom is -0.387 e. The van der Waals surface area contributed by atoms with Gasteiger partial charge in [0, 0.05) is 12.1 Å². The van der Waals surface area contributed by atoms with E-state index in [0.717, 1.165) is 43.1 Å². The third-order valence-corrected chi connectivity index (χ3v) is 10.4. The third-order valence-electron chi connectivity index (χ3n) is 10.4. The molecule has 0 spiro atoms. The summed E-state index contributed by atoms with van der Waals surface area (Å²) in [5.41, 5.74) is 0.689. The van der Waals surface area contributed by atoms with E-state index in [1.54, 1.807) is 10.9 Å². The van der Waals surface area contributed by atoms with E-state index in [1.165, 1.54) is 12.8 Å². The number of halogens is 1. The van der Waals surface area contributed by atoms with Crippen LogP contribution in [-0.4, -0.2) is 37.9 Å². The molecule has 8 atom stereocenters. The lowest BCUT2D eigenvalue weighted by Gasteiger charge is -2.56. The van der Waals surface area contributed by atoms with Crippen LogP contribution in [0.25, 0.3) is 11.0 Å². The molecule has 0 radical (unpaired) electrons. The van der Waals surface area contributed by atoms with Crippen molar-refractivity contribution in [1.29, 1.82) is 0 Å². The smallest absolute Gasteiger partial charge is 0.157 e. The molecule has 2 heterocycles. The standard InChI is InChI=1S/C27H36FN3O2/c1-26-10-8-19-18-9-11-27(33,16-28)13-17(18)4-5-20(19)21(26)6-7-22(26)25(32)15-31-14-24-23(30-31)3-2-12-29-24/h2-3,12,14,17-22,33H,4-11,13,15-16H2,1H3. The number of rotatable bonds is 4. The van der Waals surface area contributed by atoms with E-state index in [4.69, 9.17) is 0 Å². The summed E-state index contributed by atoms with van der Waals surface area (Å²) in [5.74, 6) is 3.56. The van der Waals surface area contributed by atoms with Gasteiger partial charge >= 0.3 is 0 Å². The summed E-state index contributed by atoms with van der Waals surface area (Å²) in [6, 6.07) is 3.81. The molecule has 0 aliphatic heterocycles. The van der Waals surface area contributed by atoms with Crippen molar-refractivity contribution in [3.63, 3.8) is 0 Å². The molecule has 8 unspecified atom stereocenters. The number of hydrogen-bond donors (Lipinski definition) is 1. The van der Waals surface area contributed by atoms with Gasteiger partial charge in [-0.05, 0) is 105 Å². The fraction of sp³-hybridized carbons (Fsp3) is 0.741. The van der Waals surface area contributed by atoms with Crippen molar-refractivity contribution < 1.29 is 14.3 Å². The Kier molecular flexibility index (Phi) is 5.17. The van der Waals surface area contributed by atoms with Gasteiger partial charge in [0.1, 0.15) is 17.7 Å². The number of Topliss-reactive ketones (excluding diaryl/α,β-unsaturated/α-hetero) is 1. The first-order chi connectivity index (χ1) is 15.9. The Morgan fingerprint density at radius 3 is 2.79 bits per heavy atom. The second-order valence-electron chi connectivity index (χ2n) is 11.9. The Balaban J connectivity index is 1.17. The molecule has 33 heavy (non-hydrogen) atoms. The normalized spacial score (nSPS) is 42.5. The maximum Gasteiger partial charge on any atom is 0.157 e. The number of ketones is 1. The van der Waals surface area contributed by atoms with E-state index < -0.39 is 12.3 Å². The molecule has 6 rings (SSSR count). The SMILES string of the molecule is CC12CCC3C4CCC(O)(CF)CC4CCC3C1CCC2C(=O)Cn1cc2ncccc2n1. The zero-order chi connectivity index (χ0) is 22.8. The number of nitrogens with zero attached hydrogens (tertiary/aromatic N) is 3. The molecule has 4 saturated carbocycles. The van der Waals surface area contributed by atoms with Crippen LogP contribution in [0.3, 0.4) is 0 Å². The van der Waals surface area contributed by atoms with E-state index in [-0.39, 0.29) is 11.3 Å². The van der Waals surface area contributed by atoms with Gasteiger partial charge in [0.2, 0.25) is 0 Å². The predicted molar refractivity (Wildman–Crippen MR) is 124 cm³/mol. The summed E-state index contributed by atoms with van der Waals surface area (Å²) in [6.07, 6.45) is 12.6. The highest BCUT2D eigenvalue weighted by Gasteiger charge is 2.59. The van der Waals surface area contributed by atoms with Crippen LogP contribution in [0.2, 0.25) is 0 Å². The van der Waals surface area contributed by atoms with Crippen LogP contribution in [0.1, 0.15) is 64.7 Å². The maximum atomic E-state index is 13.5. The number of pyridine rings is 1. The van der Waals surface area contributed by atoms with Crippen molar-refractivity contribution in [3.8, 4) is 0 Å². The molecule has 178 valence electrons. The van der Waals surface area contributed by atoms with Crippen LogP contribution in [0.15, 0.2) is 24.5 Å². The molecular formula is C27H36FN3O2. The monoisotopic (exact) mass is 453 g/mol. The molecule has 0 aromatic carbocycles. The minimum atomic E-state index is -1.07. The van der Waals surface area contributed by atoms with Gasteiger partial charge < -0.3 is 5.11 Å². The molecule has 5 nitrogen and oxygen atoms in total. The van der Waals surface area contributed by atoms with Crippen molar-refractivity contribution >= 4 is 16.8 Å². The number of carbonyl (C=O) groups excluding carboxylic acids is 1. The van der Waals surface area contributed by atoms with Crippen LogP contribution in [-0.2, 0) is 11.3 Å². The number of hydrogen-bond acceptors (Lipinski definition) is 4. The molecule has 4 aliphatic carbocycles. The van der Waals surface area contributed by atoms with E-state index in [0.29, 0.717) is 54.8 Å². The molecule has 4 aliphatic rings. The van der Waals surface area contributed by atoms with Gasteiger partial charge in [-0.3, -0.25) is 14.5 Å². The number of aliphatic hydroxyl groups is 1. The molecule has 0 amide bonds. The third kappa shape index (κ3) is 3.46. The fourth-order valence-corrected chi connectivity index (χ4v) is 8.87. The molecule has 0 saturated heterocycles. The summed E-state index contributed by atoms with van der Waals surface area (Å²) in [5, 5.41) is 15.1. The average Bonchev–Trinajstić information content (AvgIpc) is 3.38. The molecule has 2 aromatic rings. The van der Waals surface area contributed by atoms with Crippen molar-refractivity contribution in [3.05, 3.63) is 24.5 Å². The zero-order valence-corrected chi connectivity index (χ0v) is 19.6. The molecule has 6 heteroatoms. The summed E-state index contributed by atoms with van der Waals surface area (Å²) < 4.78 is 15.2. The van der Waals surface area contributed by atoms with E-state index >= 15 is 0 Å². The molecule has 1 N–H and O–H groups in total. The second kappa shape index (κ2) is 7.86. The topological polar surface area (TPSA) is 68.0 Å². The predicted octanol–water partition coefficient (Wildman–Crippen LogP) is 4.97. The Morgan fingerprint density at radius 2 is 1.97 bits per heavy atom. The fourth-order valence-electron chi connectivity index (χ4n) is 8.87. The van der Waals surface area contributed by atoms with Crippen molar-refractivity contribution in [1.82, 2.24) is 14.8 Å². The van der Waals surface area contributed by atoms with Crippen LogP contribution >= 0.6 is 0 Å². The number of aromatic nitrogens is 3. The Bertz CT molecular complexity index is 1020. The summed E-state index contributed by atoms with van der Waals surface area (Å²) in [6.45, 7) is 2.13. The lowest BCUT2D eigenvalue weighted by molar-refractivity contribution is -0.134. The quantitative estimate of drug-likeness (QED) is 0.710. The molecular weight excluding hydrogens is 417 g/mol. The first kappa shape index (κ1) is 21.7. The molecule has 2 aromatic heterocycles. The van der Waals surface area contributed by atoms with E-state index in [9.17, 15) is 14.3 Å². The maximum absolute atomic E-state index is 13.5. The van der Waals surface area contributed by atoms with Crippen molar-refractivity contribution in [2.75, 3.05) is 6.67 Å². The Labute approximate surface area is 195 Å². The highest BCUT2D eigenvalue weighted by atomic mass is 19.1. The summed E-state index contributed by atoms with van der Waals surface area (Å²) >= 11 is 0. The van der Waals surface area contributed by atoms with Gasteiger partial charge in [0.15, 0.2) is 5.78 Å². The first-order valence-electron chi connectivity index (χ1n) is 13.0. The van der Waals surface area contributed by atoms with E-state index in [1.807, 2.05) is 18.3 Å². The van der Waals surface area contributed by atoms with Crippen molar-refractivity contribution in [2.24, 2.45) is 40.9 Å². The van der Waals surface area contributed by atoms with Crippen LogP contribution < -0.4 is 0 Å². The number of carbonyl (C=O) groups is 1. The van der Waals surface area contributed by atoms with Gasteiger partial charge in [-0.15, -0.1) is 0 Å². The Hall–Kier alpha value is -1.82. The van der Waals surface area contributed by atoms with Gasteiger partial charge in [-0.2, -0.15) is 5.10 Å². The largest absolute Gasteiger partial charge is 0.387 e. The van der Waals surface area contributed by atoms with Gasteiger partial charge in [0.05, 0.1) is 18.3 Å². The zero-order valence-electron chi connectivity index (χ0n) is 19.6. The Morgan fingerprint density at radius 1 is 1.12 bits per heavy atom. The highest BCUT2D eigenvalue weighted by molar-refractivity contribution is 5.82. The van der Waals surface area contributed by atoms with Crippen molar-refractivity contribution in [2.45, 2.75) is 76.9 Å². The number of fused-ring (bicyclic) bond motifs is 6. The second-order valence-corrected chi connectivity index (χ2v) is 11.9. The average molecular weight is 454 g/mol. The summed E-state index contributed by atoms with van der Waals surface area (Å²) in [4.78, 5) is 17.8. The van der Waals surface area contributed by atoms with E-state index in [2.05, 4.69) is 17.0 Å². The van der Waals surface area contributed by atoms with Gasteiger partial charge in [-0.25, -0.2) is 4.39 Å². The number of alkyl halides is 1. The molecule has 4 fully saturated rings. The van der Waals surface area contributed by atoms with Crippen LogP contribution in [0.5, 0.6) is 0 Å². The molecule has 0 bridgehead atoms. The van der Waals surface area contributed by atoms with Crippen LogP contribution in [0, 0.1) is 40.9 Å². The lowest BCUT2D eigenvalue weighted by atomic mass is 9.49. The van der Waals surface area contributed by atoms with Gasteiger partial charge in [0.25, 0.3) is 0 Å². The van der Waals surface area contributed by atoms with Crippen LogP contribution in [0.4, 0.5) is 4.39 Å². The lowest BCUT2D eigenvalue weighted by Crippen LogP contribution is -2.52. The summed E-state index contributed by atoms with van der Waals surface area (Å²) in [7, 11) is 0.